The van der Waals surface area contributed by atoms with Crippen molar-refractivity contribution in [3.05, 3.63) is 70.8 Å². The highest BCUT2D eigenvalue weighted by atomic mass is 16.2. The molecule has 1 aromatic carbocycles. The maximum absolute atomic E-state index is 12.4. The molecule has 26 heavy (non-hydrogen) atoms. The highest BCUT2D eigenvalue weighted by molar-refractivity contribution is 6.05. The summed E-state index contributed by atoms with van der Waals surface area (Å²) in [7, 11) is 0. The van der Waals surface area contributed by atoms with E-state index in [1.807, 2.05) is 38.1 Å². The van der Waals surface area contributed by atoms with Crippen LogP contribution in [0.15, 0.2) is 42.5 Å². The van der Waals surface area contributed by atoms with Crippen LogP contribution < -0.4 is 10.6 Å². The number of H-pyrrole nitrogens is 1. The van der Waals surface area contributed by atoms with Gasteiger partial charge in [-0.1, -0.05) is 18.2 Å². The van der Waals surface area contributed by atoms with Crippen molar-refractivity contribution < 1.29 is 9.59 Å². The predicted molar refractivity (Wildman–Crippen MR) is 99.4 cm³/mol. The van der Waals surface area contributed by atoms with Crippen LogP contribution in [0, 0.1) is 20.8 Å². The summed E-state index contributed by atoms with van der Waals surface area (Å²) in [4.78, 5) is 28.9. The lowest BCUT2D eigenvalue weighted by molar-refractivity contribution is 0.101. The minimum Gasteiger partial charge on any atom is -0.320 e. The van der Waals surface area contributed by atoms with E-state index < -0.39 is 0 Å². The van der Waals surface area contributed by atoms with Gasteiger partial charge in [0.1, 0.15) is 5.69 Å². The number of pyridine rings is 1. The molecule has 2 heterocycles. The van der Waals surface area contributed by atoms with Gasteiger partial charge in [-0.15, -0.1) is 0 Å². The molecule has 2 amide bonds. The zero-order valence-corrected chi connectivity index (χ0v) is 14.8. The monoisotopic (exact) mass is 349 g/mol. The number of nitrogens with zero attached hydrogens (tertiary/aromatic N) is 2. The summed E-state index contributed by atoms with van der Waals surface area (Å²) in [6.45, 7) is 5.47. The van der Waals surface area contributed by atoms with E-state index >= 15 is 0 Å². The smallest absolute Gasteiger partial charge is 0.276 e. The molecule has 0 aliphatic heterocycles. The van der Waals surface area contributed by atoms with Crippen LogP contribution >= 0.6 is 0 Å². The molecular weight excluding hydrogens is 330 g/mol. The zero-order valence-electron chi connectivity index (χ0n) is 14.8. The molecule has 0 saturated heterocycles. The standard InChI is InChI=1S/C19H19N5O2/c1-11-6-4-5-7-14(11)21-18(25)16-9-8-15(13(3)20-16)22-19(26)17-10-12(2)23-24-17/h4-10H,1-3H3,(H,21,25)(H,22,26)(H,23,24). The summed E-state index contributed by atoms with van der Waals surface area (Å²) in [6.07, 6.45) is 0. The van der Waals surface area contributed by atoms with Gasteiger partial charge in [0.15, 0.2) is 5.69 Å². The average molecular weight is 349 g/mol. The lowest BCUT2D eigenvalue weighted by atomic mass is 10.2. The highest BCUT2D eigenvalue weighted by Crippen LogP contribution is 2.17. The number of anilines is 2. The molecule has 0 aliphatic carbocycles. The first-order valence-corrected chi connectivity index (χ1v) is 8.12. The van der Waals surface area contributed by atoms with E-state index in [1.165, 1.54) is 0 Å². The first-order valence-electron chi connectivity index (χ1n) is 8.12. The first-order chi connectivity index (χ1) is 12.4. The third-order valence-electron chi connectivity index (χ3n) is 3.90. The molecule has 3 N–H and O–H groups in total. The molecule has 0 aliphatic rings. The van der Waals surface area contributed by atoms with Crippen LogP contribution in [0.4, 0.5) is 11.4 Å². The van der Waals surface area contributed by atoms with Gasteiger partial charge in [-0.05, 0) is 50.6 Å². The third-order valence-corrected chi connectivity index (χ3v) is 3.90. The molecule has 0 spiro atoms. The summed E-state index contributed by atoms with van der Waals surface area (Å²) >= 11 is 0. The fraction of sp³-hybridized carbons (Fsp3) is 0.158. The molecule has 0 atom stereocenters. The van der Waals surface area contributed by atoms with Crippen molar-refractivity contribution in [1.82, 2.24) is 15.2 Å². The highest BCUT2D eigenvalue weighted by Gasteiger charge is 2.14. The first kappa shape index (κ1) is 17.3. The Morgan fingerprint density at radius 1 is 0.885 bits per heavy atom. The number of hydrogen-bond acceptors (Lipinski definition) is 4. The Morgan fingerprint density at radius 3 is 2.23 bits per heavy atom. The van der Waals surface area contributed by atoms with Gasteiger partial charge < -0.3 is 10.6 Å². The summed E-state index contributed by atoms with van der Waals surface area (Å²) in [5, 5.41) is 12.2. The second kappa shape index (κ2) is 7.18. The minimum absolute atomic E-state index is 0.277. The van der Waals surface area contributed by atoms with Crippen molar-refractivity contribution >= 4 is 23.2 Å². The molecule has 0 unspecified atom stereocenters. The number of aromatic amines is 1. The van der Waals surface area contributed by atoms with E-state index in [0.29, 0.717) is 17.1 Å². The average Bonchev–Trinajstić information content (AvgIpc) is 3.05. The lowest BCUT2D eigenvalue weighted by Gasteiger charge is -2.10. The molecule has 0 saturated carbocycles. The SMILES string of the molecule is Cc1cc(C(=O)Nc2ccc(C(=O)Nc3ccccc3C)nc2C)n[nH]1. The molecule has 3 aromatic rings. The van der Waals surface area contributed by atoms with E-state index in [1.54, 1.807) is 25.1 Å². The van der Waals surface area contributed by atoms with Gasteiger partial charge >= 0.3 is 0 Å². The summed E-state index contributed by atoms with van der Waals surface area (Å²) in [6, 6.07) is 12.4. The number of aromatic nitrogens is 3. The lowest BCUT2D eigenvalue weighted by Crippen LogP contribution is -2.17. The van der Waals surface area contributed by atoms with Gasteiger partial charge in [0, 0.05) is 11.4 Å². The Morgan fingerprint density at radius 2 is 1.58 bits per heavy atom. The van der Waals surface area contributed by atoms with Gasteiger partial charge in [0.05, 0.1) is 11.4 Å². The van der Waals surface area contributed by atoms with E-state index in [4.69, 9.17) is 0 Å². The van der Waals surface area contributed by atoms with Crippen LogP contribution in [-0.4, -0.2) is 27.0 Å². The van der Waals surface area contributed by atoms with Crippen LogP contribution in [-0.2, 0) is 0 Å². The number of rotatable bonds is 4. The van der Waals surface area contributed by atoms with Gasteiger partial charge in [-0.2, -0.15) is 5.10 Å². The quantitative estimate of drug-likeness (QED) is 0.673. The van der Waals surface area contributed by atoms with Gasteiger partial charge in [0.25, 0.3) is 11.8 Å². The third kappa shape index (κ3) is 3.77. The van der Waals surface area contributed by atoms with Crippen molar-refractivity contribution in [2.24, 2.45) is 0 Å². The van der Waals surface area contributed by atoms with E-state index in [9.17, 15) is 9.59 Å². The second-order valence-electron chi connectivity index (χ2n) is 5.99. The maximum Gasteiger partial charge on any atom is 0.276 e. The Hall–Kier alpha value is -3.48. The van der Waals surface area contributed by atoms with Gasteiger partial charge in [-0.25, -0.2) is 4.98 Å². The van der Waals surface area contributed by atoms with Crippen molar-refractivity contribution in [3.63, 3.8) is 0 Å². The summed E-state index contributed by atoms with van der Waals surface area (Å²) in [5.41, 5.74) is 4.15. The molecule has 0 fully saturated rings. The van der Waals surface area contributed by atoms with E-state index in [2.05, 4.69) is 25.8 Å². The normalized spacial score (nSPS) is 10.4. The number of benzene rings is 1. The Kier molecular flexibility index (Phi) is 4.79. The molecule has 0 bridgehead atoms. The second-order valence-corrected chi connectivity index (χ2v) is 5.99. The number of nitrogens with one attached hydrogen (secondary N) is 3. The van der Waals surface area contributed by atoms with Crippen molar-refractivity contribution in [2.45, 2.75) is 20.8 Å². The van der Waals surface area contributed by atoms with Crippen LogP contribution in [0.25, 0.3) is 0 Å². The Balaban J connectivity index is 1.74. The Labute approximate surface area is 150 Å². The van der Waals surface area contributed by atoms with E-state index in [-0.39, 0.29) is 17.5 Å². The van der Waals surface area contributed by atoms with Crippen LogP contribution in [0.3, 0.4) is 0 Å². The topological polar surface area (TPSA) is 99.8 Å². The van der Waals surface area contributed by atoms with Crippen molar-refractivity contribution in [2.75, 3.05) is 10.6 Å². The fourth-order valence-electron chi connectivity index (χ4n) is 2.44. The van der Waals surface area contributed by atoms with Crippen LogP contribution in [0.2, 0.25) is 0 Å². The fourth-order valence-corrected chi connectivity index (χ4v) is 2.44. The van der Waals surface area contributed by atoms with Crippen molar-refractivity contribution in [3.8, 4) is 0 Å². The van der Waals surface area contributed by atoms with Gasteiger partial charge in [0.2, 0.25) is 0 Å². The number of aryl methyl sites for hydroxylation is 3. The van der Waals surface area contributed by atoms with Crippen molar-refractivity contribution in [1.29, 1.82) is 0 Å². The number of carbonyl (C=O) groups excluding carboxylic acids is 2. The van der Waals surface area contributed by atoms with E-state index in [0.717, 1.165) is 16.9 Å². The summed E-state index contributed by atoms with van der Waals surface area (Å²) in [5.74, 6) is -0.639. The largest absolute Gasteiger partial charge is 0.320 e. The molecule has 3 rings (SSSR count). The number of para-hydroxylation sites is 1. The summed E-state index contributed by atoms with van der Waals surface area (Å²) < 4.78 is 0. The predicted octanol–water partition coefficient (Wildman–Crippen LogP) is 3.23. The maximum atomic E-state index is 12.4. The van der Waals surface area contributed by atoms with Crippen LogP contribution in [0.1, 0.15) is 37.9 Å². The number of amides is 2. The molecule has 2 aromatic heterocycles. The van der Waals surface area contributed by atoms with Crippen LogP contribution in [0.5, 0.6) is 0 Å². The molecule has 7 nitrogen and oxygen atoms in total. The molecule has 132 valence electrons. The zero-order chi connectivity index (χ0) is 18.7. The van der Waals surface area contributed by atoms with Gasteiger partial charge in [-0.3, -0.25) is 14.7 Å². The Bertz CT molecular complexity index is 978. The molecule has 7 heteroatoms. The molecule has 0 radical (unpaired) electrons. The number of hydrogen-bond donors (Lipinski definition) is 3. The minimum atomic E-state index is -0.337. The molecular formula is C19H19N5O2. The number of carbonyl (C=O) groups is 2.